The number of hydrogen-bond donors (Lipinski definition) is 1. The van der Waals surface area contributed by atoms with Gasteiger partial charge in [0.2, 0.25) is 0 Å². The fourth-order valence-electron chi connectivity index (χ4n) is 1.79. The number of aliphatic hydroxyl groups is 1. The molecule has 1 aromatic carbocycles. The van der Waals surface area contributed by atoms with Gasteiger partial charge in [-0.2, -0.15) is 5.10 Å². The standard InChI is InChI=1S/C15H19ClN2O2/c1-10(2)18-7-6-13(17-18)9-20-15-5-4-12(11(3)19)8-14(15)16/h4-8,10-11,19H,9H2,1-3H3. The molecule has 0 radical (unpaired) electrons. The van der Waals surface area contributed by atoms with E-state index in [1.165, 1.54) is 0 Å². The van der Waals surface area contributed by atoms with Crippen LogP contribution in [0.3, 0.4) is 0 Å². The fourth-order valence-corrected chi connectivity index (χ4v) is 2.03. The van der Waals surface area contributed by atoms with E-state index in [0.717, 1.165) is 11.3 Å². The Balaban J connectivity index is 2.03. The van der Waals surface area contributed by atoms with Gasteiger partial charge in [-0.15, -0.1) is 0 Å². The van der Waals surface area contributed by atoms with Gasteiger partial charge in [0.05, 0.1) is 16.8 Å². The van der Waals surface area contributed by atoms with Crippen molar-refractivity contribution in [2.75, 3.05) is 0 Å². The lowest BCUT2D eigenvalue weighted by atomic mass is 10.1. The van der Waals surface area contributed by atoms with Crippen LogP contribution in [0.2, 0.25) is 5.02 Å². The Bertz CT molecular complexity index is 579. The van der Waals surface area contributed by atoms with Gasteiger partial charge in [-0.25, -0.2) is 0 Å². The van der Waals surface area contributed by atoms with E-state index in [1.807, 2.05) is 16.9 Å². The summed E-state index contributed by atoms with van der Waals surface area (Å²) in [5.41, 5.74) is 1.63. The Hall–Kier alpha value is -1.52. The summed E-state index contributed by atoms with van der Waals surface area (Å²) in [6.07, 6.45) is 1.39. The van der Waals surface area contributed by atoms with Gasteiger partial charge in [-0.3, -0.25) is 4.68 Å². The number of rotatable bonds is 5. The fraction of sp³-hybridized carbons (Fsp3) is 0.400. The largest absolute Gasteiger partial charge is 0.486 e. The average Bonchev–Trinajstić information content (AvgIpc) is 2.86. The van der Waals surface area contributed by atoms with Crippen LogP contribution in [-0.4, -0.2) is 14.9 Å². The zero-order valence-corrected chi connectivity index (χ0v) is 12.6. The molecule has 5 heteroatoms. The number of hydrogen-bond acceptors (Lipinski definition) is 3. The molecule has 4 nitrogen and oxygen atoms in total. The average molecular weight is 295 g/mol. The van der Waals surface area contributed by atoms with Gasteiger partial charge in [-0.1, -0.05) is 17.7 Å². The molecule has 0 aliphatic rings. The van der Waals surface area contributed by atoms with Crippen LogP contribution in [-0.2, 0) is 6.61 Å². The first kappa shape index (κ1) is 14.9. The molecule has 0 saturated carbocycles. The summed E-state index contributed by atoms with van der Waals surface area (Å²) in [4.78, 5) is 0. The molecule has 0 fully saturated rings. The number of benzene rings is 1. The molecule has 0 aliphatic carbocycles. The van der Waals surface area contributed by atoms with Crippen molar-refractivity contribution in [2.45, 2.75) is 39.5 Å². The summed E-state index contributed by atoms with van der Waals surface area (Å²) in [6, 6.07) is 7.55. The first-order chi connectivity index (χ1) is 9.47. The maximum atomic E-state index is 9.49. The lowest BCUT2D eigenvalue weighted by molar-refractivity contribution is 0.199. The highest BCUT2D eigenvalue weighted by Crippen LogP contribution is 2.28. The highest BCUT2D eigenvalue weighted by atomic mass is 35.5. The maximum Gasteiger partial charge on any atom is 0.138 e. The normalized spacial score (nSPS) is 12.7. The summed E-state index contributed by atoms with van der Waals surface area (Å²) in [5, 5.41) is 14.4. The van der Waals surface area contributed by atoms with Crippen LogP contribution in [0.1, 0.15) is 44.2 Å². The Kier molecular flexibility index (Phi) is 4.68. The molecule has 2 aromatic rings. The van der Waals surface area contributed by atoms with Crippen LogP contribution in [0.5, 0.6) is 5.75 Å². The molecule has 1 heterocycles. The molecular formula is C15H19ClN2O2. The number of aromatic nitrogens is 2. The summed E-state index contributed by atoms with van der Waals surface area (Å²) < 4.78 is 7.55. The van der Waals surface area contributed by atoms with E-state index < -0.39 is 6.10 Å². The van der Waals surface area contributed by atoms with Crippen molar-refractivity contribution in [1.29, 1.82) is 0 Å². The molecular weight excluding hydrogens is 276 g/mol. The van der Waals surface area contributed by atoms with E-state index in [-0.39, 0.29) is 0 Å². The van der Waals surface area contributed by atoms with Gasteiger partial charge in [0.1, 0.15) is 12.4 Å². The number of nitrogens with zero attached hydrogens (tertiary/aromatic N) is 2. The minimum absolute atomic E-state index is 0.331. The SMILES string of the molecule is CC(O)c1ccc(OCc2ccn(C(C)C)n2)c(Cl)c1. The van der Waals surface area contributed by atoms with E-state index in [2.05, 4.69) is 18.9 Å². The second-order valence-electron chi connectivity index (χ2n) is 5.04. The molecule has 0 aliphatic heterocycles. The third-order valence-corrected chi connectivity index (χ3v) is 3.30. The van der Waals surface area contributed by atoms with Crippen LogP contribution in [0.4, 0.5) is 0 Å². The van der Waals surface area contributed by atoms with Gasteiger partial charge in [0.25, 0.3) is 0 Å². The molecule has 108 valence electrons. The van der Waals surface area contributed by atoms with Crippen molar-refractivity contribution in [3.05, 3.63) is 46.7 Å². The van der Waals surface area contributed by atoms with Crippen LogP contribution in [0.15, 0.2) is 30.5 Å². The summed E-state index contributed by atoms with van der Waals surface area (Å²) in [7, 11) is 0. The third kappa shape index (κ3) is 3.52. The van der Waals surface area contributed by atoms with Crippen LogP contribution in [0.25, 0.3) is 0 Å². The minimum atomic E-state index is -0.539. The molecule has 0 bridgehead atoms. The number of aliphatic hydroxyl groups excluding tert-OH is 1. The van der Waals surface area contributed by atoms with E-state index >= 15 is 0 Å². The van der Waals surface area contributed by atoms with Crippen molar-refractivity contribution in [3.8, 4) is 5.75 Å². The van der Waals surface area contributed by atoms with Crippen molar-refractivity contribution in [2.24, 2.45) is 0 Å². The van der Waals surface area contributed by atoms with Crippen molar-refractivity contribution in [3.63, 3.8) is 0 Å². The van der Waals surface area contributed by atoms with Crippen molar-refractivity contribution >= 4 is 11.6 Å². The minimum Gasteiger partial charge on any atom is -0.486 e. The molecule has 20 heavy (non-hydrogen) atoms. The van der Waals surface area contributed by atoms with Gasteiger partial charge < -0.3 is 9.84 Å². The van der Waals surface area contributed by atoms with Gasteiger partial charge in [-0.05, 0) is 44.5 Å². The Morgan fingerprint density at radius 2 is 2.05 bits per heavy atom. The van der Waals surface area contributed by atoms with Crippen molar-refractivity contribution in [1.82, 2.24) is 9.78 Å². The van der Waals surface area contributed by atoms with Gasteiger partial charge >= 0.3 is 0 Å². The van der Waals surface area contributed by atoms with E-state index in [9.17, 15) is 5.11 Å². The second-order valence-corrected chi connectivity index (χ2v) is 5.44. The molecule has 0 saturated heterocycles. The van der Waals surface area contributed by atoms with Gasteiger partial charge in [0.15, 0.2) is 0 Å². The highest BCUT2D eigenvalue weighted by Gasteiger charge is 2.08. The first-order valence-corrected chi connectivity index (χ1v) is 6.99. The Morgan fingerprint density at radius 3 is 2.60 bits per heavy atom. The molecule has 0 amide bonds. The summed E-state index contributed by atoms with van der Waals surface area (Å²) >= 11 is 6.13. The molecule has 0 spiro atoms. The number of ether oxygens (including phenoxy) is 1. The topological polar surface area (TPSA) is 47.3 Å². The highest BCUT2D eigenvalue weighted by molar-refractivity contribution is 6.32. The quantitative estimate of drug-likeness (QED) is 0.913. The third-order valence-electron chi connectivity index (χ3n) is 3.01. The molecule has 1 unspecified atom stereocenters. The molecule has 1 aromatic heterocycles. The molecule has 1 N–H and O–H groups in total. The first-order valence-electron chi connectivity index (χ1n) is 6.61. The van der Waals surface area contributed by atoms with Crippen LogP contribution >= 0.6 is 11.6 Å². The Labute approximate surface area is 123 Å². The van der Waals surface area contributed by atoms with Gasteiger partial charge in [0, 0.05) is 12.2 Å². The molecule has 2 rings (SSSR count). The monoisotopic (exact) mass is 294 g/mol. The summed E-state index contributed by atoms with van der Waals surface area (Å²) in [6.45, 7) is 6.21. The predicted molar refractivity (Wildman–Crippen MR) is 79.0 cm³/mol. The lowest BCUT2D eigenvalue weighted by Crippen LogP contribution is -2.03. The summed E-state index contributed by atoms with van der Waals surface area (Å²) in [5.74, 6) is 0.593. The zero-order chi connectivity index (χ0) is 14.7. The maximum absolute atomic E-state index is 9.49. The van der Waals surface area contributed by atoms with E-state index in [0.29, 0.717) is 23.4 Å². The van der Waals surface area contributed by atoms with Crippen LogP contribution < -0.4 is 4.74 Å². The smallest absolute Gasteiger partial charge is 0.138 e. The lowest BCUT2D eigenvalue weighted by Gasteiger charge is -2.10. The molecule has 1 atom stereocenters. The van der Waals surface area contributed by atoms with E-state index in [1.54, 1.807) is 25.1 Å². The number of halogens is 1. The second kappa shape index (κ2) is 6.29. The predicted octanol–water partition coefficient (Wildman–Crippen LogP) is 3.75. The Morgan fingerprint density at radius 1 is 1.30 bits per heavy atom. The van der Waals surface area contributed by atoms with Crippen molar-refractivity contribution < 1.29 is 9.84 Å². The van der Waals surface area contributed by atoms with E-state index in [4.69, 9.17) is 16.3 Å². The van der Waals surface area contributed by atoms with Crippen LogP contribution in [0, 0.1) is 0 Å². The zero-order valence-electron chi connectivity index (χ0n) is 11.9.